The third kappa shape index (κ3) is 5.49. The Morgan fingerprint density at radius 2 is 1.65 bits per heavy atom. The number of benzene rings is 2. The van der Waals surface area contributed by atoms with Crippen LogP contribution in [0.15, 0.2) is 74.7 Å². The highest BCUT2D eigenvalue weighted by Crippen LogP contribution is 2.40. The molecule has 2 aromatic carbocycles. The summed E-state index contributed by atoms with van der Waals surface area (Å²) in [6, 6.07) is 13.5. The smallest absolute Gasteiger partial charge is 0.296 e. The third-order valence-corrected chi connectivity index (χ3v) is 7.40. The van der Waals surface area contributed by atoms with E-state index in [1.807, 2.05) is 57.2 Å². The quantitative estimate of drug-likeness (QED) is 0.209. The van der Waals surface area contributed by atoms with Gasteiger partial charge < -0.3 is 5.32 Å². The number of nitrogens with zero attached hydrogens (tertiary/aromatic N) is 7. The van der Waals surface area contributed by atoms with Crippen LogP contribution >= 0.6 is 0 Å². The van der Waals surface area contributed by atoms with Crippen molar-refractivity contribution in [1.82, 2.24) is 19.6 Å². The second kappa shape index (κ2) is 10.3. The number of azo groups is 1. The van der Waals surface area contributed by atoms with Crippen LogP contribution in [0.25, 0.3) is 11.4 Å². The number of anilines is 1. The molecule has 2 heterocycles. The molecule has 4 aromatic rings. The highest BCUT2D eigenvalue weighted by atomic mass is 32.2. The fraction of sp³-hybridized carbons (Fsp3) is 0.208. The lowest BCUT2D eigenvalue weighted by Gasteiger charge is -2.15. The predicted octanol–water partition coefficient (Wildman–Crippen LogP) is 4.18. The molecule has 16 heteroatoms. The number of nitrogens with one attached hydrogen (secondary N) is 1. The van der Waals surface area contributed by atoms with Crippen molar-refractivity contribution in [1.29, 1.82) is 5.26 Å². The largest absolute Gasteiger partial charge is 0.371 e. The second-order valence-corrected chi connectivity index (χ2v) is 12.3. The van der Waals surface area contributed by atoms with Gasteiger partial charge in [-0.25, -0.2) is 9.36 Å². The maximum atomic E-state index is 12.1. The Labute approximate surface area is 230 Å². The first-order valence-electron chi connectivity index (χ1n) is 11.5. The van der Waals surface area contributed by atoms with Gasteiger partial charge in [-0.05, 0) is 30.3 Å². The molecule has 0 radical (unpaired) electrons. The molecule has 0 saturated heterocycles. The molecular formula is C24H24N8O6S2. The lowest BCUT2D eigenvalue weighted by Crippen LogP contribution is -2.13. The molecule has 0 fully saturated rings. The summed E-state index contributed by atoms with van der Waals surface area (Å²) in [5.74, 6) is 0.200. The maximum Gasteiger partial charge on any atom is 0.296 e. The van der Waals surface area contributed by atoms with Gasteiger partial charge in [-0.1, -0.05) is 39.0 Å². The lowest BCUT2D eigenvalue weighted by molar-refractivity contribution is 0.477. The van der Waals surface area contributed by atoms with E-state index in [1.165, 1.54) is 0 Å². The minimum absolute atomic E-state index is 0.138. The van der Waals surface area contributed by atoms with Crippen LogP contribution in [-0.2, 0) is 25.7 Å². The molecule has 0 spiro atoms. The minimum Gasteiger partial charge on any atom is -0.371 e. The Bertz CT molecular complexity index is 1880. The zero-order chi connectivity index (χ0) is 29.5. The first kappa shape index (κ1) is 28.6. The molecule has 4 rings (SSSR count). The van der Waals surface area contributed by atoms with Crippen molar-refractivity contribution in [2.45, 2.75) is 36.0 Å². The average Bonchev–Trinajstić information content (AvgIpc) is 3.47. The number of para-hydroxylation sites is 1. The van der Waals surface area contributed by atoms with Crippen molar-refractivity contribution < 1.29 is 25.9 Å². The van der Waals surface area contributed by atoms with Crippen LogP contribution < -0.4 is 5.32 Å². The van der Waals surface area contributed by atoms with Crippen molar-refractivity contribution in [3.8, 4) is 17.4 Å². The van der Waals surface area contributed by atoms with Gasteiger partial charge in [0.25, 0.3) is 20.2 Å². The molecular weight excluding hydrogens is 560 g/mol. The standard InChI is InChI=1S/C24H24N8O6S2/c1-24(2,3)21-20(23(26-4)31(30-21)16-8-6-5-7-9-16)28-29-22-15(13-25)14-27-32(22)18-12-17(39(33,34)35)10-11-19(18)40(36,37)38/h5-12,14,26H,1-4H3,(H,33,34,35)(H,36,37,38). The van der Waals surface area contributed by atoms with Crippen LogP contribution in [0.1, 0.15) is 32.0 Å². The van der Waals surface area contributed by atoms with Gasteiger partial charge in [0, 0.05) is 12.5 Å². The van der Waals surface area contributed by atoms with E-state index in [0.29, 0.717) is 17.2 Å². The normalized spacial score (nSPS) is 12.5. The van der Waals surface area contributed by atoms with Gasteiger partial charge in [-0.3, -0.25) is 9.11 Å². The van der Waals surface area contributed by atoms with Gasteiger partial charge in [0.15, 0.2) is 17.3 Å². The van der Waals surface area contributed by atoms with E-state index in [9.17, 15) is 31.2 Å². The molecule has 0 aliphatic carbocycles. The SMILES string of the molecule is CNc1c(N=Nc2c(C#N)cnn2-c2cc(S(=O)(=O)O)ccc2S(=O)(=O)O)c(C(C)(C)C)nn1-c1ccccc1. The van der Waals surface area contributed by atoms with Gasteiger partial charge >= 0.3 is 0 Å². The van der Waals surface area contributed by atoms with Crippen molar-refractivity contribution in [3.63, 3.8) is 0 Å². The van der Waals surface area contributed by atoms with Crippen LogP contribution in [0.5, 0.6) is 0 Å². The number of hydrogen-bond acceptors (Lipinski definition) is 10. The Hall–Kier alpha value is -4.43. The predicted molar refractivity (Wildman–Crippen MR) is 144 cm³/mol. The molecule has 0 amide bonds. The van der Waals surface area contributed by atoms with Gasteiger partial charge in [-0.2, -0.15) is 32.3 Å². The van der Waals surface area contributed by atoms with Crippen LogP contribution in [0.4, 0.5) is 17.3 Å². The summed E-state index contributed by atoms with van der Waals surface area (Å²) in [6.07, 6.45) is 1.07. The van der Waals surface area contributed by atoms with E-state index in [0.717, 1.165) is 34.8 Å². The van der Waals surface area contributed by atoms with E-state index < -0.39 is 41.1 Å². The Morgan fingerprint density at radius 3 is 2.20 bits per heavy atom. The molecule has 0 saturated carbocycles. The van der Waals surface area contributed by atoms with Crippen LogP contribution in [-0.4, -0.2) is 52.5 Å². The average molecular weight is 585 g/mol. The molecule has 0 atom stereocenters. The van der Waals surface area contributed by atoms with Gasteiger partial charge in [-0.15, -0.1) is 10.2 Å². The van der Waals surface area contributed by atoms with E-state index in [1.54, 1.807) is 11.7 Å². The summed E-state index contributed by atoms with van der Waals surface area (Å²) < 4.78 is 69.5. The fourth-order valence-corrected chi connectivity index (χ4v) is 4.97. The molecule has 3 N–H and O–H groups in total. The van der Waals surface area contributed by atoms with E-state index in [-0.39, 0.29) is 11.4 Å². The molecule has 0 aliphatic heterocycles. The number of aromatic nitrogens is 4. The molecule has 208 valence electrons. The second-order valence-electron chi connectivity index (χ2n) is 9.48. The molecule has 14 nitrogen and oxygen atoms in total. The molecule has 40 heavy (non-hydrogen) atoms. The summed E-state index contributed by atoms with van der Waals surface area (Å²) in [4.78, 5) is -1.42. The third-order valence-electron chi connectivity index (χ3n) is 5.65. The molecule has 0 bridgehead atoms. The molecule has 0 aliphatic rings. The zero-order valence-corrected chi connectivity index (χ0v) is 23.3. The zero-order valence-electron chi connectivity index (χ0n) is 21.7. The van der Waals surface area contributed by atoms with E-state index >= 15 is 0 Å². The van der Waals surface area contributed by atoms with Crippen LogP contribution in [0.2, 0.25) is 0 Å². The maximum absolute atomic E-state index is 12.1. The van der Waals surface area contributed by atoms with E-state index in [2.05, 4.69) is 20.6 Å². The molecule has 0 unspecified atom stereocenters. The number of rotatable bonds is 7. The van der Waals surface area contributed by atoms with E-state index in [4.69, 9.17) is 5.10 Å². The van der Waals surface area contributed by atoms with Crippen molar-refractivity contribution in [3.05, 3.63) is 66.0 Å². The first-order chi connectivity index (χ1) is 18.7. The lowest BCUT2D eigenvalue weighted by atomic mass is 9.91. The van der Waals surface area contributed by atoms with Gasteiger partial charge in [0.05, 0.1) is 28.2 Å². The summed E-state index contributed by atoms with van der Waals surface area (Å²) in [7, 11) is -8.01. The number of nitriles is 1. The Morgan fingerprint density at radius 1 is 0.975 bits per heavy atom. The van der Waals surface area contributed by atoms with Gasteiger partial charge in [0.1, 0.15) is 16.5 Å². The summed E-state index contributed by atoms with van der Waals surface area (Å²) >= 11 is 0. The van der Waals surface area contributed by atoms with Crippen molar-refractivity contribution in [2.24, 2.45) is 10.2 Å². The fourth-order valence-electron chi connectivity index (χ4n) is 3.82. The van der Waals surface area contributed by atoms with Crippen LogP contribution in [0, 0.1) is 11.3 Å². The summed E-state index contributed by atoms with van der Waals surface area (Å²) in [5.41, 5.74) is 0.457. The highest BCUT2D eigenvalue weighted by molar-refractivity contribution is 7.86. The monoisotopic (exact) mass is 584 g/mol. The Balaban J connectivity index is 1.98. The highest BCUT2D eigenvalue weighted by Gasteiger charge is 2.28. The summed E-state index contributed by atoms with van der Waals surface area (Å²) in [5, 5.41) is 30.1. The van der Waals surface area contributed by atoms with Gasteiger partial charge in [0.2, 0.25) is 0 Å². The molecule has 2 aromatic heterocycles. The topological polar surface area (TPSA) is 205 Å². The van der Waals surface area contributed by atoms with Crippen molar-refractivity contribution in [2.75, 3.05) is 12.4 Å². The Kier molecular flexibility index (Phi) is 7.34. The summed E-state index contributed by atoms with van der Waals surface area (Å²) in [6.45, 7) is 5.77. The number of hydrogen-bond donors (Lipinski definition) is 3. The van der Waals surface area contributed by atoms with Crippen LogP contribution in [0.3, 0.4) is 0 Å². The first-order valence-corrected chi connectivity index (χ1v) is 14.4. The minimum atomic E-state index is -4.91. The van der Waals surface area contributed by atoms with Crippen molar-refractivity contribution >= 4 is 37.6 Å².